The van der Waals surface area contributed by atoms with Gasteiger partial charge < -0.3 is 10.1 Å². The first kappa shape index (κ1) is 14.7. The molecule has 19 heavy (non-hydrogen) atoms. The van der Waals surface area contributed by atoms with E-state index in [1.807, 2.05) is 12.1 Å². The molecule has 1 aliphatic carbocycles. The van der Waals surface area contributed by atoms with Crippen LogP contribution in [0.3, 0.4) is 0 Å². The first-order valence-corrected chi connectivity index (χ1v) is 7.68. The molecule has 0 saturated heterocycles. The monoisotopic (exact) mass is 281 g/mol. The second-order valence-electron chi connectivity index (χ2n) is 5.41. The van der Waals surface area contributed by atoms with Crippen LogP contribution in [0.4, 0.5) is 0 Å². The molecule has 2 rings (SSSR count). The van der Waals surface area contributed by atoms with E-state index in [-0.39, 0.29) is 0 Å². The van der Waals surface area contributed by atoms with E-state index in [1.54, 1.807) is 7.11 Å². The Labute approximate surface area is 121 Å². The lowest BCUT2D eigenvalue weighted by atomic mass is 9.83. The van der Waals surface area contributed by atoms with Crippen LogP contribution in [0, 0.1) is 5.92 Å². The predicted octanol–water partition coefficient (Wildman–Crippen LogP) is 4.41. The number of nitrogens with one attached hydrogen (secondary N) is 1. The van der Waals surface area contributed by atoms with E-state index >= 15 is 0 Å². The molecule has 1 aromatic carbocycles. The van der Waals surface area contributed by atoms with Crippen molar-refractivity contribution in [3.05, 3.63) is 28.8 Å². The lowest BCUT2D eigenvalue weighted by Crippen LogP contribution is -2.37. The van der Waals surface area contributed by atoms with Crippen LogP contribution in [0.25, 0.3) is 0 Å². The van der Waals surface area contributed by atoms with Crippen LogP contribution in [0.1, 0.15) is 44.6 Å². The molecular formula is C16H24ClNO. The summed E-state index contributed by atoms with van der Waals surface area (Å²) in [5.74, 6) is 1.58. The summed E-state index contributed by atoms with van der Waals surface area (Å²) in [6.45, 7) is 3.19. The van der Waals surface area contributed by atoms with Gasteiger partial charge in [0.25, 0.3) is 0 Å². The summed E-state index contributed by atoms with van der Waals surface area (Å²) in [5.41, 5.74) is 1.23. The van der Waals surface area contributed by atoms with Gasteiger partial charge in [-0.05, 0) is 36.5 Å². The maximum Gasteiger partial charge on any atom is 0.137 e. The highest BCUT2D eigenvalue weighted by atomic mass is 35.5. The van der Waals surface area contributed by atoms with Crippen LogP contribution in [-0.2, 0) is 6.54 Å². The fraction of sp³-hybridized carbons (Fsp3) is 0.625. The molecule has 0 aliphatic heterocycles. The Morgan fingerprint density at radius 2 is 2.11 bits per heavy atom. The average Bonchev–Trinajstić information content (AvgIpc) is 2.45. The molecule has 106 valence electrons. The molecular weight excluding hydrogens is 258 g/mol. The second kappa shape index (κ2) is 7.16. The SMILES string of the molecule is CCC1CCCCC1NCc1ccc(OC)c(Cl)c1. The van der Waals surface area contributed by atoms with Crippen LogP contribution in [0.5, 0.6) is 5.75 Å². The lowest BCUT2D eigenvalue weighted by Gasteiger charge is -2.31. The second-order valence-corrected chi connectivity index (χ2v) is 5.82. The zero-order valence-electron chi connectivity index (χ0n) is 11.9. The first-order valence-electron chi connectivity index (χ1n) is 7.30. The molecule has 2 nitrogen and oxygen atoms in total. The number of benzene rings is 1. The largest absolute Gasteiger partial charge is 0.495 e. The van der Waals surface area contributed by atoms with Gasteiger partial charge in [0, 0.05) is 12.6 Å². The van der Waals surface area contributed by atoms with E-state index in [0.717, 1.165) is 18.2 Å². The van der Waals surface area contributed by atoms with Crippen molar-refractivity contribution in [1.29, 1.82) is 0 Å². The first-order chi connectivity index (χ1) is 9.24. The number of hydrogen-bond acceptors (Lipinski definition) is 2. The van der Waals surface area contributed by atoms with Crippen LogP contribution < -0.4 is 10.1 Å². The van der Waals surface area contributed by atoms with E-state index in [2.05, 4.69) is 18.3 Å². The van der Waals surface area contributed by atoms with Crippen molar-refractivity contribution >= 4 is 11.6 Å². The number of methoxy groups -OCH3 is 1. The Balaban J connectivity index is 1.92. The van der Waals surface area contributed by atoms with Crippen molar-refractivity contribution < 1.29 is 4.74 Å². The van der Waals surface area contributed by atoms with Crippen LogP contribution >= 0.6 is 11.6 Å². The van der Waals surface area contributed by atoms with Crippen molar-refractivity contribution in [1.82, 2.24) is 5.32 Å². The van der Waals surface area contributed by atoms with Crippen molar-refractivity contribution in [3.63, 3.8) is 0 Å². The van der Waals surface area contributed by atoms with Gasteiger partial charge in [-0.15, -0.1) is 0 Å². The molecule has 1 N–H and O–H groups in total. The minimum atomic E-state index is 0.666. The minimum absolute atomic E-state index is 0.666. The molecule has 0 radical (unpaired) electrons. The zero-order valence-corrected chi connectivity index (χ0v) is 12.7. The molecule has 1 saturated carbocycles. The van der Waals surface area contributed by atoms with Gasteiger partial charge in [0.2, 0.25) is 0 Å². The van der Waals surface area contributed by atoms with Gasteiger partial charge in [-0.1, -0.05) is 43.9 Å². The molecule has 0 bridgehead atoms. The molecule has 0 aromatic heterocycles. The van der Waals surface area contributed by atoms with Crippen LogP contribution in [-0.4, -0.2) is 13.2 Å². The summed E-state index contributed by atoms with van der Waals surface area (Å²) in [6, 6.07) is 6.69. The molecule has 0 spiro atoms. The smallest absolute Gasteiger partial charge is 0.137 e. The van der Waals surface area contributed by atoms with Gasteiger partial charge in [-0.2, -0.15) is 0 Å². The van der Waals surface area contributed by atoms with Crippen molar-refractivity contribution in [2.24, 2.45) is 5.92 Å². The van der Waals surface area contributed by atoms with Crippen LogP contribution in [0.2, 0.25) is 5.02 Å². The summed E-state index contributed by atoms with van der Waals surface area (Å²) in [7, 11) is 1.65. The Kier molecular flexibility index (Phi) is 5.53. The van der Waals surface area contributed by atoms with Crippen LogP contribution in [0.15, 0.2) is 18.2 Å². The minimum Gasteiger partial charge on any atom is -0.495 e. The number of rotatable bonds is 5. The third kappa shape index (κ3) is 3.87. The summed E-state index contributed by atoms with van der Waals surface area (Å²) in [6.07, 6.45) is 6.71. The normalized spacial score (nSPS) is 23.3. The summed E-state index contributed by atoms with van der Waals surface area (Å²) in [4.78, 5) is 0. The maximum atomic E-state index is 6.15. The van der Waals surface area contributed by atoms with Gasteiger partial charge >= 0.3 is 0 Å². The number of ether oxygens (including phenoxy) is 1. The van der Waals surface area contributed by atoms with Gasteiger partial charge in [0.15, 0.2) is 0 Å². The topological polar surface area (TPSA) is 21.3 Å². The van der Waals surface area contributed by atoms with E-state index in [1.165, 1.54) is 37.7 Å². The highest BCUT2D eigenvalue weighted by molar-refractivity contribution is 6.32. The number of halogens is 1. The van der Waals surface area contributed by atoms with E-state index in [9.17, 15) is 0 Å². The summed E-state index contributed by atoms with van der Waals surface area (Å²) in [5, 5.41) is 4.40. The number of hydrogen-bond donors (Lipinski definition) is 1. The molecule has 2 atom stereocenters. The molecule has 1 fully saturated rings. The quantitative estimate of drug-likeness (QED) is 0.863. The Morgan fingerprint density at radius 3 is 2.79 bits per heavy atom. The van der Waals surface area contributed by atoms with Gasteiger partial charge in [0.1, 0.15) is 5.75 Å². The van der Waals surface area contributed by atoms with E-state index in [0.29, 0.717) is 11.1 Å². The zero-order chi connectivity index (χ0) is 13.7. The maximum absolute atomic E-state index is 6.15. The van der Waals surface area contributed by atoms with E-state index < -0.39 is 0 Å². The van der Waals surface area contributed by atoms with E-state index in [4.69, 9.17) is 16.3 Å². The molecule has 0 amide bonds. The molecule has 2 unspecified atom stereocenters. The highest BCUT2D eigenvalue weighted by Gasteiger charge is 2.22. The lowest BCUT2D eigenvalue weighted by molar-refractivity contribution is 0.254. The van der Waals surface area contributed by atoms with Crippen molar-refractivity contribution in [2.45, 2.75) is 51.6 Å². The Hall–Kier alpha value is -0.730. The summed E-state index contributed by atoms with van der Waals surface area (Å²) < 4.78 is 5.18. The third-order valence-electron chi connectivity index (χ3n) is 4.22. The highest BCUT2D eigenvalue weighted by Crippen LogP contribution is 2.28. The van der Waals surface area contributed by atoms with Gasteiger partial charge in [0.05, 0.1) is 12.1 Å². The van der Waals surface area contributed by atoms with Gasteiger partial charge in [-0.25, -0.2) is 0 Å². The fourth-order valence-electron chi connectivity index (χ4n) is 3.03. The van der Waals surface area contributed by atoms with Crippen molar-refractivity contribution in [3.8, 4) is 5.75 Å². The standard InChI is InChI=1S/C16H24ClNO/c1-3-13-6-4-5-7-15(13)18-11-12-8-9-16(19-2)14(17)10-12/h8-10,13,15,18H,3-7,11H2,1-2H3. The average molecular weight is 282 g/mol. The molecule has 1 aromatic rings. The third-order valence-corrected chi connectivity index (χ3v) is 4.51. The Morgan fingerprint density at radius 1 is 1.32 bits per heavy atom. The van der Waals surface area contributed by atoms with Crippen molar-refractivity contribution in [2.75, 3.05) is 7.11 Å². The summed E-state index contributed by atoms with van der Waals surface area (Å²) >= 11 is 6.15. The molecule has 0 heterocycles. The molecule has 1 aliphatic rings. The molecule has 3 heteroatoms. The predicted molar refractivity (Wildman–Crippen MR) is 80.9 cm³/mol. The fourth-order valence-corrected chi connectivity index (χ4v) is 3.31. The Bertz CT molecular complexity index is 408. The van der Waals surface area contributed by atoms with Gasteiger partial charge in [-0.3, -0.25) is 0 Å².